The number of aliphatic hydroxyl groups excluding tert-OH is 1. The summed E-state index contributed by atoms with van der Waals surface area (Å²) in [6, 6.07) is 4.29. The van der Waals surface area contributed by atoms with Crippen molar-refractivity contribution in [2.45, 2.75) is 31.5 Å². The molecule has 0 saturated carbocycles. The maximum absolute atomic E-state index is 9.91. The number of hydrogen-bond acceptors (Lipinski definition) is 5. The molecule has 0 radical (unpaired) electrons. The van der Waals surface area contributed by atoms with Gasteiger partial charge in [0.2, 0.25) is 0 Å². The lowest BCUT2D eigenvalue weighted by Gasteiger charge is -2.28. The van der Waals surface area contributed by atoms with Crippen molar-refractivity contribution in [3.05, 3.63) is 23.9 Å². The van der Waals surface area contributed by atoms with Crippen LogP contribution in [-0.2, 0) is 0 Å². The molecule has 2 heterocycles. The van der Waals surface area contributed by atoms with Crippen LogP contribution in [0.25, 0.3) is 0 Å². The van der Waals surface area contributed by atoms with Gasteiger partial charge in [0.05, 0.1) is 6.10 Å². The minimum atomic E-state index is -0.272. The highest BCUT2D eigenvalue weighted by Crippen LogP contribution is 2.26. The number of likely N-dealkylation sites (N-methyl/N-ethyl adjacent to an activating group) is 1. The first-order valence-corrected chi connectivity index (χ1v) is 6.78. The zero-order valence-corrected chi connectivity index (χ0v) is 12.0. The fourth-order valence-electron chi connectivity index (χ4n) is 2.64. The van der Waals surface area contributed by atoms with E-state index < -0.39 is 0 Å². The predicted molar refractivity (Wildman–Crippen MR) is 77.2 cm³/mol. The van der Waals surface area contributed by atoms with E-state index in [0.29, 0.717) is 12.6 Å². The van der Waals surface area contributed by atoms with Crippen molar-refractivity contribution in [1.82, 2.24) is 9.88 Å². The fraction of sp³-hybridized carbons (Fsp3) is 0.643. The van der Waals surface area contributed by atoms with E-state index >= 15 is 0 Å². The molecule has 2 rings (SSSR count). The SMILES string of the molecule is CC(N)c1ccnc(N2CC(O)CC2CN(C)C)c1. The summed E-state index contributed by atoms with van der Waals surface area (Å²) in [6.07, 6.45) is 2.32. The highest BCUT2D eigenvalue weighted by atomic mass is 16.3. The van der Waals surface area contributed by atoms with Gasteiger partial charge in [0, 0.05) is 31.4 Å². The van der Waals surface area contributed by atoms with Gasteiger partial charge in [-0.05, 0) is 45.1 Å². The average molecular weight is 264 g/mol. The van der Waals surface area contributed by atoms with Crippen molar-refractivity contribution in [3.63, 3.8) is 0 Å². The molecule has 0 aromatic carbocycles. The molecule has 5 nitrogen and oxygen atoms in total. The van der Waals surface area contributed by atoms with Crippen LogP contribution in [0.3, 0.4) is 0 Å². The topological polar surface area (TPSA) is 65.6 Å². The third-order valence-electron chi connectivity index (χ3n) is 3.56. The van der Waals surface area contributed by atoms with Crippen LogP contribution in [0.15, 0.2) is 18.3 Å². The number of hydrogen-bond donors (Lipinski definition) is 2. The largest absolute Gasteiger partial charge is 0.391 e. The van der Waals surface area contributed by atoms with Crippen molar-refractivity contribution < 1.29 is 5.11 Å². The van der Waals surface area contributed by atoms with Crippen molar-refractivity contribution in [2.75, 3.05) is 32.1 Å². The summed E-state index contributed by atoms with van der Waals surface area (Å²) in [4.78, 5) is 8.77. The molecule has 0 spiro atoms. The van der Waals surface area contributed by atoms with E-state index in [0.717, 1.165) is 24.3 Å². The third-order valence-corrected chi connectivity index (χ3v) is 3.56. The van der Waals surface area contributed by atoms with Crippen molar-refractivity contribution >= 4 is 5.82 Å². The Morgan fingerprint density at radius 1 is 1.58 bits per heavy atom. The van der Waals surface area contributed by atoms with Gasteiger partial charge in [0.1, 0.15) is 5.82 Å². The minimum absolute atomic E-state index is 0.00146. The second-order valence-electron chi connectivity index (χ2n) is 5.69. The lowest BCUT2D eigenvalue weighted by atomic mass is 10.1. The molecular weight excluding hydrogens is 240 g/mol. The molecule has 5 heteroatoms. The number of β-amino-alcohol motifs (C(OH)–C–C–N with tert-alkyl or cyclic N) is 1. The number of pyridine rings is 1. The number of aliphatic hydroxyl groups is 1. The summed E-state index contributed by atoms with van der Waals surface area (Å²) in [5, 5.41) is 9.91. The molecule has 3 N–H and O–H groups in total. The highest BCUT2D eigenvalue weighted by Gasteiger charge is 2.32. The summed E-state index contributed by atoms with van der Waals surface area (Å²) in [5.41, 5.74) is 7.00. The van der Waals surface area contributed by atoms with Gasteiger partial charge in [-0.15, -0.1) is 0 Å². The van der Waals surface area contributed by atoms with Gasteiger partial charge in [-0.25, -0.2) is 4.98 Å². The molecule has 3 unspecified atom stereocenters. The molecule has 1 aliphatic heterocycles. The molecule has 0 amide bonds. The minimum Gasteiger partial charge on any atom is -0.391 e. The van der Waals surface area contributed by atoms with Crippen molar-refractivity contribution in [1.29, 1.82) is 0 Å². The summed E-state index contributed by atoms with van der Waals surface area (Å²) in [5.74, 6) is 0.915. The fourth-order valence-corrected chi connectivity index (χ4v) is 2.64. The van der Waals surface area contributed by atoms with E-state index in [9.17, 15) is 5.11 Å². The van der Waals surface area contributed by atoms with E-state index in [2.05, 4.69) is 28.9 Å². The molecule has 3 atom stereocenters. The number of nitrogens with two attached hydrogens (primary N) is 1. The Balaban J connectivity index is 2.21. The van der Waals surface area contributed by atoms with E-state index in [1.54, 1.807) is 6.20 Å². The first-order valence-electron chi connectivity index (χ1n) is 6.78. The van der Waals surface area contributed by atoms with Gasteiger partial charge in [-0.1, -0.05) is 0 Å². The van der Waals surface area contributed by atoms with Gasteiger partial charge < -0.3 is 20.6 Å². The van der Waals surface area contributed by atoms with Crippen LogP contribution in [0.4, 0.5) is 5.82 Å². The summed E-state index contributed by atoms with van der Waals surface area (Å²) in [7, 11) is 4.10. The maximum Gasteiger partial charge on any atom is 0.129 e. The normalized spacial score (nSPS) is 25.1. The molecule has 1 aromatic heterocycles. The summed E-state index contributed by atoms with van der Waals surface area (Å²) < 4.78 is 0. The van der Waals surface area contributed by atoms with Gasteiger partial charge in [0.25, 0.3) is 0 Å². The van der Waals surface area contributed by atoms with Crippen LogP contribution < -0.4 is 10.6 Å². The van der Waals surface area contributed by atoms with Crippen LogP contribution in [0.1, 0.15) is 24.9 Å². The molecule has 1 saturated heterocycles. The molecule has 1 fully saturated rings. The second kappa shape index (κ2) is 5.86. The zero-order chi connectivity index (χ0) is 14.0. The lowest BCUT2D eigenvalue weighted by molar-refractivity contribution is 0.191. The summed E-state index contributed by atoms with van der Waals surface area (Å²) >= 11 is 0. The third kappa shape index (κ3) is 3.43. The Morgan fingerprint density at radius 2 is 2.32 bits per heavy atom. The van der Waals surface area contributed by atoms with E-state index in [4.69, 9.17) is 5.73 Å². The Morgan fingerprint density at radius 3 is 2.95 bits per heavy atom. The lowest BCUT2D eigenvalue weighted by Crippen LogP contribution is -2.38. The second-order valence-corrected chi connectivity index (χ2v) is 5.69. The predicted octanol–water partition coefficient (Wildman–Crippen LogP) is 0.602. The Labute approximate surface area is 115 Å². The molecule has 0 bridgehead atoms. The first-order chi connectivity index (χ1) is 8.97. The average Bonchev–Trinajstić information content (AvgIpc) is 2.69. The first kappa shape index (κ1) is 14.2. The molecular formula is C14H24N4O. The summed E-state index contributed by atoms with van der Waals surface area (Å²) in [6.45, 7) is 3.53. The van der Waals surface area contributed by atoms with Gasteiger partial charge in [-0.3, -0.25) is 0 Å². The van der Waals surface area contributed by atoms with E-state index in [-0.39, 0.29) is 12.1 Å². The molecule has 106 valence electrons. The molecule has 1 aliphatic rings. The molecule has 19 heavy (non-hydrogen) atoms. The number of aromatic nitrogens is 1. The van der Waals surface area contributed by atoms with Crippen LogP contribution >= 0.6 is 0 Å². The number of rotatable bonds is 4. The van der Waals surface area contributed by atoms with Crippen molar-refractivity contribution in [3.8, 4) is 0 Å². The Kier molecular flexibility index (Phi) is 4.39. The van der Waals surface area contributed by atoms with Crippen LogP contribution in [0, 0.1) is 0 Å². The monoisotopic (exact) mass is 264 g/mol. The van der Waals surface area contributed by atoms with E-state index in [1.165, 1.54) is 0 Å². The van der Waals surface area contributed by atoms with Crippen LogP contribution in [-0.4, -0.2) is 54.3 Å². The highest BCUT2D eigenvalue weighted by molar-refractivity contribution is 5.44. The zero-order valence-electron chi connectivity index (χ0n) is 12.0. The van der Waals surface area contributed by atoms with Gasteiger partial charge >= 0.3 is 0 Å². The van der Waals surface area contributed by atoms with Crippen molar-refractivity contribution in [2.24, 2.45) is 5.73 Å². The maximum atomic E-state index is 9.91. The van der Waals surface area contributed by atoms with Gasteiger partial charge in [0.15, 0.2) is 0 Å². The Hall–Kier alpha value is -1.17. The number of nitrogens with zero attached hydrogens (tertiary/aromatic N) is 3. The Bertz CT molecular complexity index is 422. The molecule has 1 aromatic rings. The standard InChI is InChI=1S/C14H24N4O/c1-10(15)11-4-5-16-14(6-11)18-9-13(19)7-12(18)8-17(2)3/h4-6,10,12-13,19H,7-9,15H2,1-3H3. The smallest absolute Gasteiger partial charge is 0.129 e. The molecule has 0 aliphatic carbocycles. The quantitative estimate of drug-likeness (QED) is 0.834. The van der Waals surface area contributed by atoms with Gasteiger partial charge in [-0.2, -0.15) is 0 Å². The van der Waals surface area contributed by atoms with Crippen LogP contribution in [0.2, 0.25) is 0 Å². The van der Waals surface area contributed by atoms with E-state index in [1.807, 2.05) is 19.1 Å². The number of anilines is 1. The van der Waals surface area contributed by atoms with Crippen LogP contribution in [0.5, 0.6) is 0 Å².